The van der Waals surface area contributed by atoms with Crippen molar-refractivity contribution in [1.29, 1.82) is 0 Å². The van der Waals surface area contributed by atoms with Crippen LogP contribution in [0, 0.1) is 0 Å². The molecule has 0 radical (unpaired) electrons. The van der Waals surface area contributed by atoms with Gasteiger partial charge in [-0.15, -0.1) is 0 Å². The number of anilines is 3. The summed E-state index contributed by atoms with van der Waals surface area (Å²) in [5, 5.41) is 10.2. The molecule has 0 atom stereocenters. The predicted molar refractivity (Wildman–Crippen MR) is 106 cm³/mol. The third-order valence-electron chi connectivity index (χ3n) is 4.00. The lowest BCUT2D eigenvalue weighted by molar-refractivity contribution is -0.122. The first-order valence-electron chi connectivity index (χ1n) is 8.25. The van der Waals surface area contributed by atoms with Crippen LogP contribution in [0.15, 0.2) is 47.8 Å². The Bertz CT molecular complexity index is 1010. The highest BCUT2D eigenvalue weighted by Crippen LogP contribution is 2.36. The second-order valence-electron chi connectivity index (χ2n) is 5.65. The van der Waals surface area contributed by atoms with E-state index in [2.05, 4.69) is 25.3 Å². The monoisotopic (exact) mass is 378 g/mol. The van der Waals surface area contributed by atoms with E-state index in [0.29, 0.717) is 35.2 Å². The molecule has 0 bridgehead atoms. The molecule has 0 amide bonds. The summed E-state index contributed by atoms with van der Waals surface area (Å²) in [6, 6.07) is 9.58. The highest BCUT2D eigenvalue weighted by Gasteiger charge is 2.17. The molecule has 3 heterocycles. The van der Waals surface area contributed by atoms with E-state index in [0.717, 1.165) is 16.8 Å². The maximum Gasteiger partial charge on any atom is 0.290 e. The van der Waals surface area contributed by atoms with Crippen LogP contribution in [0.4, 0.5) is 17.3 Å². The van der Waals surface area contributed by atoms with Gasteiger partial charge >= 0.3 is 0 Å². The first-order valence-corrected chi connectivity index (χ1v) is 8.25. The fourth-order valence-corrected chi connectivity index (χ4v) is 2.79. The molecule has 2 aromatic heterocycles. The van der Waals surface area contributed by atoms with Crippen molar-refractivity contribution in [2.75, 3.05) is 18.2 Å². The fraction of sp³-hybridized carbons (Fsp3) is 0.105. The zero-order chi connectivity index (χ0) is 19.9. The summed E-state index contributed by atoms with van der Waals surface area (Å²) in [7, 11) is 1.64. The molecule has 9 heteroatoms. The number of nitrogen functional groups attached to an aromatic ring is 1. The second-order valence-corrected chi connectivity index (χ2v) is 5.65. The molecule has 4 N–H and O–H groups in total. The van der Waals surface area contributed by atoms with E-state index in [1.807, 2.05) is 36.5 Å². The smallest absolute Gasteiger partial charge is 0.290 e. The van der Waals surface area contributed by atoms with Crippen molar-refractivity contribution in [1.82, 2.24) is 15.0 Å². The lowest BCUT2D eigenvalue weighted by Gasteiger charge is -2.15. The van der Waals surface area contributed by atoms with Crippen LogP contribution in [0.1, 0.15) is 11.1 Å². The summed E-state index contributed by atoms with van der Waals surface area (Å²) in [6.45, 7) is 0.422. The minimum Gasteiger partial charge on any atom is -0.495 e. The minimum atomic E-state index is -0.250. The molecule has 0 aliphatic carbocycles. The number of aromatic nitrogens is 3. The molecule has 0 fully saturated rings. The van der Waals surface area contributed by atoms with Gasteiger partial charge in [0.2, 0.25) is 0 Å². The largest absolute Gasteiger partial charge is 0.495 e. The van der Waals surface area contributed by atoms with Crippen LogP contribution < -0.4 is 15.8 Å². The SMILES string of the molecule is COc1cc2c(cc1Nc1ncnc(N)c1-c1ccccn1)C=NC2.O=CO. The van der Waals surface area contributed by atoms with E-state index in [1.165, 1.54) is 6.33 Å². The third kappa shape index (κ3) is 3.88. The highest BCUT2D eigenvalue weighted by atomic mass is 16.5. The molecule has 0 unspecified atom stereocenters. The number of hydrogen-bond acceptors (Lipinski definition) is 8. The van der Waals surface area contributed by atoms with Crippen LogP contribution >= 0.6 is 0 Å². The van der Waals surface area contributed by atoms with Crippen LogP contribution in [-0.2, 0) is 11.3 Å². The van der Waals surface area contributed by atoms with Gasteiger partial charge in [0.25, 0.3) is 6.47 Å². The van der Waals surface area contributed by atoms with Gasteiger partial charge in [-0.1, -0.05) is 6.07 Å². The van der Waals surface area contributed by atoms with Gasteiger partial charge < -0.3 is 20.9 Å². The van der Waals surface area contributed by atoms with Gasteiger partial charge in [-0.2, -0.15) is 0 Å². The number of hydrogen-bond donors (Lipinski definition) is 3. The van der Waals surface area contributed by atoms with E-state index in [1.54, 1.807) is 13.3 Å². The van der Waals surface area contributed by atoms with E-state index < -0.39 is 0 Å². The Labute approximate surface area is 161 Å². The van der Waals surface area contributed by atoms with Crippen molar-refractivity contribution in [3.8, 4) is 17.0 Å². The number of nitrogens with zero attached hydrogens (tertiary/aromatic N) is 4. The molecule has 0 saturated carbocycles. The minimum absolute atomic E-state index is 0.250. The molecule has 0 saturated heterocycles. The first kappa shape index (κ1) is 18.8. The van der Waals surface area contributed by atoms with Crippen molar-refractivity contribution >= 4 is 30.0 Å². The summed E-state index contributed by atoms with van der Waals surface area (Å²) >= 11 is 0. The average Bonchev–Trinajstić information content (AvgIpc) is 3.16. The van der Waals surface area contributed by atoms with Gasteiger partial charge in [0.05, 0.1) is 30.6 Å². The summed E-state index contributed by atoms with van der Waals surface area (Å²) in [5.74, 6) is 1.64. The van der Waals surface area contributed by atoms with Crippen LogP contribution in [0.25, 0.3) is 11.3 Å². The average molecular weight is 378 g/mol. The number of nitrogens with two attached hydrogens (primary N) is 1. The fourth-order valence-electron chi connectivity index (χ4n) is 2.79. The maximum atomic E-state index is 8.36. The number of methoxy groups -OCH3 is 1. The quantitative estimate of drug-likeness (QED) is 0.589. The maximum absolute atomic E-state index is 8.36. The normalized spacial score (nSPS) is 11.2. The van der Waals surface area contributed by atoms with Crippen molar-refractivity contribution in [2.24, 2.45) is 4.99 Å². The van der Waals surface area contributed by atoms with E-state index in [9.17, 15) is 0 Å². The Morgan fingerprint density at radius 3 is 2.79 bits per heavy atom. The molecular weight excluding hydrogens is 360 g/mol. The van der Waals surface area contributed by atoms with E-state index in [4.69, 9.17) is 20.4 Å². The zero-order valence-electron chi connectivity index (χ0n) is 15.0. The molecular formula is C19H18N6O3. The van der Waals surface area contributed by atoms with Crippen LogP contribution in [0.3, 0.4) is 0 Å². The van der Waals surface area contributed by atoms with Gasteiger partial charge in [-0.25, -0.2) is 9.97 Å². The standard InChI is InChI=1S/C18H16N6O.CH2O2/c1-25-15-7-12-9-20-8-11(12)6-14(15)24-18-16(17(19)22-10-23-18)13-4-2-3-5-21-13;2-1-3/h2-8,10H,9H2,1H3,(H3,19,22,23,24);1H,(H,2,3). The zero-order valence-corrected chi connectivity index (χ0v) is 15.0. The molecule has 9 nitrogen and oxygen atoms in total. The van der Waals surface area contributed by atoms with E-state index >= 15 is 0 Å². The number of aliphatic imine (C=N–C) groups is 1. The number of benzene rings is 1. The Balaban J connectivity index is 0.000000706. The topological polar surface area (TPSA) is 136 Å². The predicted octanol–water partition coefficient (Wildman–Crippen LogP) is 2.51. The molecule has 1 aromatic carbocycles. The van der Waals surface area contributed by atoms with Crippen molar-refractivity contribution < 1.29 is 14.6 Å². The van der Waals surface area contributed by atoms with Gasteiger partial charge in [0.1, 0.15) is 23.7 Å². The Kier molecular flexibility index (Phi) is 5.75. The van der Waals surface area contributed by atoms with E-state index in [-0.39, 0.29) is 6.47 Å². The van der Waals surface area contributed by atoms with Crippen molar-refractivity contribution in [3.63, 3.8) is 0 Å². The van der Waals surface area contributed by atoms with Gasteiger partial charge in [-0.05, 0) is 35.4 Å². The van der Waals surface area contributed by atoms with Crippen LogP contribution in [-0.4, -0.2) is 39.9 Å². The number of pyridine rings is 1. The number of fused-ring (bicyclic) bond motifs is 1. The number of carbonyl (C=O) groups is 1. The van der Waals surface area contributed by atoms with Gasteiger partial charge in [-0.3, -0.25) is 14.8 Å². The molecule has 142 valence electrons. The Hall–Kier alpha value is -4.01. The van der Waals surface area contributed by atoms with Crippen LogP contribution in [0.2, 0.25) is 0 Å². The third-order valence-corrected chi connectivity index (χ3v) is 4.00. The summed E-state index contributed by atoms with van der Waals surface area (Å²) in [4.78, 5) is 25.5. The van der Waals surface area contributed by atoms with Gasteiger partial charge in [0, 0.05) is 12.4 Å². The molecule has 4 rings (SSSR count). The van der Waals surface area contributed by atoms with Crippen molar-refractivity contribution in [2.45, 2.75) is 6.54 Å². The lowest BCUT2D eigenvalue weighted by atomic mass is 10.1. The summed E-state index contributed by atoms with van der Waals surface area (Å²) in [5.41, 5.74) is 10.4. The molecule has 0 spiro atoms. The Morgan fingerprint density at radius 2 is 2.07 bits per heavy atom. The lowest BCUT2D eigenvalue weighted by Crippen LogP contribution is -2.04. The van der Waals surface area contributed by atoms with Crippen molar-refractivity contribution in [3.05, 3.63) is 54.0 Å². The number of rotatable bonds is 4. The van der Waals surface area contributed by atoms with Gasteiger partial charge in [0.15, 0.2) is 0 Å². The molecule has 3 aromatic rings. The summed E-state index contributed by atoms with van der Waals surface area (Å²) in [6.07, 6.45) is 4.98. The molecule has 1 aliphatic rings. The highest BCUT2D eigenvalue weighted by molar-refractivity contribution is 5.89. The Morgan fingerprint density at radius 1 is 1.25 bits per heavy atom. The second kappa shape index (κ2) is 8.58. The first-order chi connectivity index (χ1) is 13.7. The molecule has 28 heavy (non-hydrogen) atoms. The number of carboxylic acid groups (broad SMARTS) is 1. The number of ether oxygens (including phenoxy) is 1. The molecule has 1 aliphatic heterocycles. The number of nitrogens with one attached hydrogen (secondary N) is 1. The van der Waals surface area contributed by atoms with Crippen LogP contribution in [0.5, 0.6) is 5.75 Å². The summed E-state index contributed by atoms with van der Waals surface area (Å²) < 4.78 is 5.51.